The van der Waals surface area contributed by atoms with Crippen molar-refractivity contribution >= 4 is 11.6 Å². The Balaban J connectivity index is 2.24. The average molecular weight is 247 g/mol. The van der Waals surface area contributed by atoms with E-state index in [0.29, 0.717) is 6.42 Å². The maximum Gasteiger partial charge on any atom is 0.227 e. The van der Waals surface area contributed by atoms with Crippen molar-refractivity contribution in [2.45, 2.75) is 19.4 Å². The van der Waals surface area contributed by atoms with Crippen LogP contribution in [0.25, 0.3) is 0 Å². The molecule has 0 spiro atoms. The van der Waals surface area contributed by atoms with Crippen LogP contribution < -0.4 is 15.5 Å². The van der Waals surface area contributed by atoms with Crippen LogP contribution >= 0.6 is 0 Å². The maximum atomic E-state index is 12.0. The predicted molar refractivity (Wildman–Crippen MR) is 73.8 cm³/mol. The van der Waals surface area contributed by atoms with Gasteiger partial charge in [-0.15, -0.1) is 0 Å². The number of amides is 1. The molecule has 4 nitrogen and oxygen atoms in total. The Morgan fingerprint density at radius 1 is 1.22 bits per heavy atom. The molecule has 1 aliphatic heterocycles. The maximum absolute atomic E-state index is 12.0. The van der Waals surface area contributed by atoms with Gasteiger partial charge in [-0.2, -0.15) is 0 Å². The Bertz CT molecular complexity index is 431. The van der Waals surface area contributed by atoms with Gasteiger partial charge < -0.3 is 15.5 Å². The molecule has 0 aromatic heterocycles. The summed E-state index contributed by atoms with van der Waals surface area (Å²) in [5, 5.41) is 6.25. The van der Waals surface area contributed by atoms with Gasteiger partial charge in [0.2, 0.25) is 5.91 Å². The smallest absolute Gasteiger partial charge is 0.227 e. The van der Waals surface area contributed by atoms with E-state index in [0.717, 1.165) is 31.7 Å². The second kappa shape index (κ2) is 5.98. The summed E-state index contributed by atoms with van der Waals surface area (Å²) in [5.74, 6) is 0.235. The van der Waals surface area contributed by atoms with Crippen LogP contribution in [0.4, 0.5) is 5.69 Å². The average Bonchev–Trinajstić information content (AvgIpc) is 2.38. The Labute approximate surface area is 108 Å². The Hall–Kier alpha value is -1.39. The minimum atomic E-state index is 0.235. The highest BCUT2D eigenvalue weighted by atomic mass is 16.2. The van der Waals surface area contributed by atoms with E-state index in [2.05, 4.69) is 28.8 Å². The molecule has 0 saturated carbocycles. The zero-order valence-electron chi connectivity index (χ0n) is 11.1. The zero-order chi connectivity index (χ0) is 13.0. The molecular weight excluding hydrogens is 226 g/mol. The standard InChI is InChI=1S/C14H21N3O/c1-15-7-8-17-13-5-3-11(10-16-2)9-12(13)4-6-14(17)18/h3,5,9,15-16H,4,6-8,10H2,1-2H3. The molecule has 2 rings (SSSR count). The highest BCUT2D eigenvalue weighted by Crippen LogP contribution is 2.28. The van der Waals surface area contributed by atoms with E-state index in [4.69, 9.17) is 0 Å². The number of nitrogens with zero attached hydrogens (tertiary/aromatic N) is 1. The first kappa shape index (κ1) is 13.1. The Morgan fingerprint density at radius 2 is 2.06 bits per heavy atom. The lowest BCUT2D eigenvalue weighted by atomic mass is 9.98. The minimum absolute atomic E-state index is 0.235. The third-order valence-corrected chi connectivity index (χ3v) is 3.31. The number of anilines is 1. The molecule has 98 valence electrons. The normalized spacial score (nSPS) is 14.8. The van der Waals surface area contributed by atoms with E-state index < -0.39 is 0 Å². The Kier molecular flexibility index (Phi) is 4.33. The number of likely N-dealkylation sites (N-methyl/N-ethyl adjacent to an activating group) is 1. The number of hydrogen-bond donors (Lipinski definition) is 2. The lowest BCUT2D eigenvalue weighted by molar-refractivity contribution is -0.118. The molecule has 1 heterocycles. The second-order valence-electron chi connectivity index (χ2n) is 4.64. The summed E-state index contributed by atoms with van der Waals surface area (Å²) in [5.41, 5.74) is 3.65. The molecule has 0 aliphatic carbocycles. The van der Waals surface area contributed by atoms with Crippen LogP contribution in [0.3, 0.4) is 0 Å². The van der Waals surface area contributed by atoms with Crippen molar-refractivity contribution in [3.8, 4) is 0 Å². The van der Waals surface area contributed by atoms with E-state index in [1.807, 2.05) is 19.0 Å². The first-order valence-electron chi connectivity index (χ1n) is 6.47. The molecule has 18 heavy (non-hydrogen) atoms. The molecule has 0 atom stereocenters. The van der Waals surface area contributed by atoms with Crippen molar-refractivity contribution in [2.24, 2.45) is 0 Å². The number of nitrogens with one attached hydrogen (secondary N) is 2. The van der Waals surface area contributed by atoms with E-state index in [1.165, 1.54) is 11.1 Å². The first-order valence-corrected chi connectivity index (χ1v) is 6.47. The fourth-order valence-electron chi connectivity index (χ4n) is 2.40. The van der Waals surface area contributed by atoms with Crippen molar-refractivity contribution in [2.75, 3.05) is 32.1 Å². The van der Waals surface area contributed by atoms with Crippen LogP contribution in [-0.4, -0.2) is 33.1 Å². The van der Waals surface area contributed by atoms with E-state index in [9.17, 15) is 4.79 Å². The molecule has 1 amide bonds. The fourth-order valence-corrected chi connectivity index (χ4v) is 2.40. The first-order chi connectivity index (χ1) is 8.76. The third-order valence-electron chi connectivity index (χ3n) is 3.31. The van der Waals surface area contributed by atoms with Crippen molar-refractivity contribution in [3.05, 3.63) is 29.3 Å². The van der Waals surface area contributed by atoms with Gasteiger partial charge >= 0.3 is 0 Å². The number of rotatable bonds is 5. The van der Waals surface area contributed by atoms with Gasteiger partial charge in [0.05, 0.1) is 0 Å². The molecule has 0 radical (unpaired) electrons. The number of benzene rings is 1. The third kappa shape index (κ3) is 2.71. The molecule has 0 fully saturated rings. The van der Waals surface area contributed by atoms with Gasteiger partial charge in [0.1, 0.15) is 0 Å². The number of carbonyl (C=O) groups excluding carboxylic acids is 1. The van der Waals surface area contributed by atoms with Gasteiger partial charge in [0, 0.05) is 31.7 Å². The fraction of sp³-hybridized carbons (Fsp3) is 0.500. The van der Waals surface area contributed by atoms with E-state index in [1.54, 1.807) is 0 Å². The molecule has 2 N–H and O–H groups in total. The van der Waals surface area contributed by atoms with E-state index >= 15 is 0 Å². The van der Waals surface area contributed by atoms with Crippen LogP contribution in [-0.2, 0) is 17.8 Å². The predicted octanol–water partition coefficient (Wildman–Crippen LogP) is 0.905. The molecule has 1 aromatic carbocycles. The summed E-state index contributed by atoms with van der Waals surface area (Å²) in [4.78, 5) is 13.9. The Morgan fingerprint density at radius 3 is 2.78 bits per heavy atom. The van der Waals surface area contributed by atoms with Crippen molar-refractivity contribution in [3.63, 3.8) is 0 Å². The molecule has 0 bridgehead atoms. The summed E-state index contributed by atoms with van der Waals surface area (Å²) in [6, 6.07) is 6.39. The number of aryl methyl sites for hydroxylation is 1. The topological polar surface area (TPSA) is 44.4 Å². The van der Waals surface area contributed by atoms with Crippen molar-refractivity contribution in [1.29, 1.82) is 0 Å². The largest absolute Gasteiger partial charge is 0.318 e. The van der Waals surface area contributed by atoms with Gasteiger partial charge in [-0.3, -0.25) is 4.79 Å². The second-order valence-corrected chi connectivity index (χ2v) is 4.64. The summed E-state index contributed by atoms with van der Waals surface area (Å²) >= 11 is 0. The summed E-state index contributed by atoms with van der Waals surface area (Å²) in [7, 11) is 3.85. The highest BCUT2D eigenvalue weighted by molar-refractivity contribution is 5.96. The highest BCUT2D eigenvalue weighted by Gasteiger charge is 2.23. The van der Waals surface area contributed by atoms with Crippen LogP contribution in [0.5, 0.6) is 0 Å². The van der Waals surface area contributed by atoms with Gasteiger partial charge in [-0.05, 0) is 37.7 Å². The lowest BCUT2D eigenvalue weighted by Crippen LogP contribution is -2.39. The summed E-state index contributed by atoms with van der Waals surface area (Å²) in [6.45, 7) is 2.44. The van der Waals surface area contributed by atoms with Crippen LogP contribution in [0.15, 0.2) is 18.2 Å². The van der Waals surface area contributed by atoms with Crippen molar-refractivity contribution < 1.29 is 4.79 Å². The number of carbonyl (C=O) groups is 1. The van der Waals surface area contributed by atoms with Gasteiger partial charge in [0.25, 0.3) is 0 Å². The lowest BCUT2D eigenvalue weighted by Gasteiger charge is -2.29. The molecule has 1 aliphatic rings. The minimum Gasteiger partial charge on any atom is -0.318 e. The zero-order valence-corrected chi connectivity index (χ0v) is 11.1. The quantitative estimate of drug-likeness (QED) is 0.812. The molecule has 4 heteroatoms. The molecule has 1 aromatic rings. The van der Waals surface area contributed by atoms with Crippen LogP contribution in [0, 0.1) is 0 Å². The number of fused-ring (bicyclic) bond motifs is 1. The van der Waals surface area contributed by atoms with Crippen LogP contribution in [0.2, 0.25) is 0 Å². The van der Waals surface area contributed by atoms with Gasteiger partial charge in [-0.1, -0.05) is 12.1 Å². The summed E-state index contributed by atoms with van der Waals surface area (Å²) < 4.78 is 0. The molecule has 0 unspecified atom stereocenters. The van der Waals surface area contributed by atoms with Crippen LogP contribution in [0.1, 0.15) is 17.5 Å². The number of hydrogen-bond acceptors (Lipinski definition) is 3. The molecular formula is C14H21N3O. The van der Waals surface area contributed by atoms with E-state index in [-0.39, 0.29) is 5.91 Å². The van der Waals surface area contributed by atoms with Gasteiger partial charge in [0.15, 0.2) is 0 Å². The SMILES string of the molecule is CNCCN1C(=O)CCc2cc(CNC)ccc21. The summed E-state index contributed by atoms with van der Waals surface area (Å²) in [6.07, 6.45) is 1.49. The van der Waals surface area contributed by atoms with Crippen molar-refractivity contribution in [1.82, 2.24) is 10.6 Å². The monoisotopic (exact) mass is 247 g/mol. The molecule has 0 saturated heterocycles. The van der Waals surface area contributed by atoms with Gasteiger partial charge in [-0.25, -0.2) is 0 Å².